The van der Waals surface area contributed by atoms with Gasteiger partial charge in [0.25, 0.3) is 11.5 Å². The highest BCUT2D eigenvalue weighted by molar-refractivity contribution is 9.10. The van der Waals surface area contributed by atoms with E-state index in [1.54, 1.807) is 49.5 Å². The summed E-state index contributed by atoms with van der Waals surface area (Å²) in [5.41, 5.74) is 1.37. The van der Waals surface area contributed by atoms with Crippen molar-refractivity contribution in [2.75, 3.05) is 5.32 Å². The molecule has 1 N–H and O–H groups in total. The van der Waals surface area contributed by atoms with Crippen molar-refractivity contribution in [3.8, 4) is 0 Å². The Hall–Kier alpha value is -2.47. The number of nitrogens with one attached hydrogen (secondary N) is 1. The van der Waals surface area contributed by atoms with Gasteiger partial charge >= 0.3 is 0 Å². The average molecular weight is 358 g/mol. The first kappa shape index (κ1) is 14.5. The van der Waals surface area contributed by atoms with Crippen molar-refractivity contribution < 1.29 is 4.79 Å². The standard InChI is InChI=1S/C16H12BrN3O2/c1-10-14(16(22)20-9-5-4-8-13(20)18-10)19-15(21)11-6-2-3-7-12(11)17/h2-9H,1H3,(H,19,21). The van der Waals surface area contributed by atoms with E-state index < -0.39 is 0 Å². The van der Waals surface area contributed by atoms with Gasteiger partial charge < -0.3 is 5.32 Å². The van der Waals surface area contributed by atoms with E-state index in [0.29, 0.717) is 21.4 Å². The number of benzene rings is 1. The van der Waals surface area contributed by atoms with Crippen LogP contribution >= 0.6 is 15.9 Å². The molecule has 0 atom stereocenters. The third kappa shape index (κ3) is 2.53. The van der Waals surface area contributed by atoms with Crippen LogP contribution in [0.4, 0.5) is 5.69 Å². The van der Waals surface area contributed by atoms with E-state index in [9.17, 15) is 9.59 Å². The number of rotatable bonds is 2. The van der Waals surface area contributed by atoms with Gasteiger partial charge in [-0.1, -0.05) is 18.2 Å². The van der Waals surface area contributed by atoms with Crippen LogP contribution in [-0.4, -0.2) is 15.3 Å². The summed E-state index contributed by atoms with van der Waals surface area (Å²) in [6.07, 6.45) is 1.62. The van der Waals surface area contributed by atoms with Gasteiger partial charge in [-0.3, -0.25) is 14.0 Å². The molecular formula is C16H12BrN3O2. The molecule has 0 unspecified atom stereocenters. The highest BCUT2D eigenvalue weighted by Gasteiger charge is 2.15. The lowest BCUT2D eigenvalue weighted by Crippen LogP contribution is -2.25. The van der Waals surface area contributed by atoms with Gasteiger partial charge in [0.15, 0.2) is 0 Å². The summed E-state index contributed by atoms with van der Waals surface area (Å²) in [6, 6.07) is 12.3. The zero-order valence-electron chi connectivity index (χ0n) is 11.7. The molecule has 1 aromatic carbocycles. The molecule has 0 aliphatic carbocycles. The summed E-state index contributed by atoms with van der Waals surface area (Å²) in [4.78, 5) is 29.2. The number of pyridine rings is 1. The fraction of sp³-hybridized carbons (Fsp3) is 0.0625. The highest BCUT2D eigenvalue weighted by atomic mass is 79.9. The van der Waals surface area contributed by atoms with E-state index >= 15 is 0 Å². The average Bonchev–Trinajstić information content (AvgIpc) is 2.51. The number of aryl methyl sites for hydroxylation is 1. The number of anilines is 1. The number of aromatic nitrogens is 2. The van der Waals surface area contributed by atoms with Gasteiger partial charge in [0.2, 0.25) is 0 Å². The topological polar surface area (TPSA) is 63.5 Å². The molecule has 5 nitrogen and oxygen atoms in total. The molecule has 2 heterocycles. The predicted molar refractivity (Wildman–Crippen MR) is 88.3 cm³/mol. The minimum absolute atomic E-state index is 0.185. The monoisotopic (exact) mass is 357 g/mol. The van der Waals surface area contributed by atoms with Crippen LogP contribution in [-0.2, 0) is 0 Å². The van der Waals surface area contributed by atoms with E-state index in [2.05, 4.69) is 26.2 Å². The molecule has 0 saturated heterocycles. The minimum Gasteiger partial charge on any atom is -0.316 e. The normalized spacial score (nSPS) is 10.6. The lowest BCUT2D eigenvalue weighted by molar-refractivity contribution is 0.102. The maximum Gasteiger partial charge on any atom is 0.281 e. The molecule has 0 aliphatic heterocycles. The molecule has 0 spiro atoms. The Labute approximate surface area is 134 Å². The van der Waals surface area contributed by atoms with E-state index in [4.69, 9.17) is 0 Å². The number of hydrogen-bond acceptors (Lipinski definition) is 3. The second-order valence-corrected chi connectivity index (χ2v) is 5.59. The van der Waals surface area contributed by atoms with Crippen molar-refractivity contribution in [3.05, 3.63) is 74.7 Å². The number of carbonyl (C=O) groups is 1. The molecular weight excluding hydrogens is 346 g/mol. The first-order chi connectivity index (χ1) is 10.6. The number of hydrogen-bond donors (Lipinski definition) is 1. The fourth-order valence-corrected chi connectivity index (χ4v) is 2.63. The second-order valence-electron chi connectivity index (χ2n) is 4.74. The Morgan fingerprint density at radius 1 is 1.18 bits per heavy atom. The maximum absolute atomic E-state index is 12.5. The van der Waals surface area contributed by atoms with Crippen molar-refractivity contribution in [1.82, 2.24) is 9.38 Å². The lowest BCUT2D eigenvalue weighted by atomic mass is 10.2. The number of fused-ring (bicyclic) bond motifs is 1. The summed E-state index contributed by atoms with van der Waals surface area (Å²) in [6.45, 7) is 1.70. The number of carbonyl (C=O) groups excluding carboxylic acids is 1. The summed E-state index contributed by atoms with van der Waals surface area (Å²) in [5, 5.41) is 2.66. The Morgan fingerprint density at radius 2 is 1.91 bits per heavy atom. The van der Waals surface area contributed by atoms with Crippen LogP contribution in [0.2, 0.25) is 0 Å². The Balaban J connectivity index is 2.06. The molecule has 3 aromatic rings. The van der Waals surface area contributed by atoms with Crippen LogP contribution in [0.5, 0.6) is 0 Å². The minimum atomic E-state index is -0.356. The van der Waals surface area contributed by atoms with E-state index in [1.807, 2.05) is 6.07 Å². The van der Waals surface area contributed by atoms with Crippen molar-refractivity contribution >= 4 is 33.2 Å². The summed E-state index contributed by atoms with van der Waals surface area (Å²) >= 11 is 3.33. The predicted octanol–water partition coefficient (Wildman–Crippen LogP) is 3.02. The van der Waals surface area contributed by atoms with Gasteiger partial charge in [0.1, 0.15) is 11.3 Å². The summed E-state index contributed by atoms with van der Waals surface area (Å²) in [5.74, 6) is -0.356. The molecule has 22 heavy (non-hydrogen) atoms. The van der Waals surface area contributed by atoms with Crippen LogP contribution in [0, 0.1) is 6.92 Å². The van der Waals surface area contributed by atoms with Crippen LogP contribution < -0.4 is 10.9 Å². The van der Waals surface area contributed by atoms with Crippen LogP contribution in [0.3, 0.4) is 0 Å². The molecule has 0 fully saturated rings. The SMILES string of the molecule is Cc1nc2ccccn2c(=O)c1NC(=O)c1ccccc1Br. The van der Waals surface area contributed by atoms with Gasteiger partial charge in [-0.05, 0) is 47.1 Å². The zero-order chi connectivity index (χ0) is 15.7. The first-order valence-electron chi connectivity index (χ1n) is 6.62. The second kappa shape index (κ2) is 5.73. The molecule has 110 valence electrons. The van der Waals surface area contributed by atoms with Crippen molar-refractivity contribution in [2.24, 2.45) is 0 Å². The third-order valence-corrected chi connectivity index (χ3v) is 3.96. The summed E-state index contributed by atoms with van der Waals surface area (Å²) in [7, 11) is 0. The first-order valence-corrected chi connectivity index (χ1v) is 7.41. The van der Waals surface area contributed by atoms with Crippen LogP contribution in [0.25, 0.3) is 5.65 Å². The molecule has 0 bridgehead atoms. The maximum atomic E-state index is 12.5. The fourth-order valence-electron chi connectivity index (χ4n) is 2.17. The molecule has 0 radical (unpaired) electrons. The van der Waals surface area contributed by atoms with Gasteiger partial charge in [0, 0.05) is 10.7 Å². The van der Waals surface area contributed by atoms with E-state index in [-0.39, 0.29) is 17.2 Å². The quantitative estimate of drug-likeness (QED) is 0.766. The molecule has 2 aromatic heterocycles. The van der Waals surface area contributed by atoms with Crippen molar-refractivity contribution in [1.29, 1.82) is 0 Å². The Bertz CT molecular complexity index is 934. The van der Waals surface area contributed by atoms with E-state index in [0.717, 1.165) is 0 Å². The van der Waals surface area contributed by atoms with Crippen LogP contribution in [0.1, 0.15) is 16.1 Å². The molecule has 3 rings (SSSR count). The Morgan fingerprint density at radius 3 is 2.68 bits per heavy atom. The van der Waals surface area contributed by atoms with Gasteiger partial charge in [-0.2, -0.15) is 0 Å². The highest BCUT2D eigenvalue weighted by Crippen LogP contribution is 2.17. The number of amides is 1. The molecule has 6 heteroatoms. The number of halogens is 1. The summed E-state index contributed by atoms with van der Waals surface area (Å²) < 4.78 is 2.07. The van der Waals surface area contributed by atoms with Gasteiger partial charge in [0.05, 0.1) is 11.3 Å². The van der Waals surface area contributed by atoms with Gasteiger partial charge in [-0.15, -0.1) is 0 Å². The van der Waals surface area contributed by atoms with Crippen molar-refractivity contribution in [2.45, 2.75) is 6.92 Å². The third-order valence-electron chi connectivity index (χ3n) is 3.27. The molecule has 0 saturated carbocycles. The van der Waals surface area contributed by atoms with Gasteiger partial charge in [-0.25, -0.2) is 4.98 Å². The number of nitrogens with zero attached hydrogens (tertiary/aromatic N) is 2. The van der Waals surface area contributed by atoms with Crippen molar-refractivity contribution in [3.63, 3.8) is 0 Å². The Kier molecular flexibility index (Phi) is 3.77. The largest absolute Gasteiger partial charge is 0.316 e. The molecule has 0 aliphatic rings. The van der Waals surface area contributed by atoms with Crippen LogP contribution in [0.15, 0.2) is 57.9 Å². The lowest BCUT2D eigenvalue weighted by Gasteiger charge is -2.10. The van der Waals surface area contributed by atoms with E-state index in [1.165, 1.54) is 4.40 Å². The smallest absolute Gasteiger partial charge is 0.281 e. The zero-order valence-corrected chi connectivity index (χ0v) is 13.3. The molecule has 1 amide bonds.